The first-order valence-corrected chi connectivity index (χ1v) is 6.54. The summed E-state index contributed by atoms with van der Waals surface area (Å²) in [6.07, 6.45) is 2.91. The van der Waals surface area contributed by atoms with Crippen molar-refractivity contribution in [1.29, 1.82) is 0 Å². The zero-order chi connectivity index (χ0) is 11.4. The van der Waals surface area contributed by atoms with Gasteiger partial charge in [0.2, 0.25) is 5.91 Å². The number of hydrogen-bond donors (Lipinski definition) is 0. The van der Waals surface area contributed by atoms with Gasteiger partial charge in [-0.3, -0.25) is 14.7 Å². The molecule has 2 heterocycles. The second-order valence-corrected chi connectivity index (χ2v) is 5.21. The monoisotopic (exact) mass is 252 g/mol. The first kappa shape index (κ1) is 11.5. The second-order valence-electron chi connectivity index (χ2n) is 3.48. The SMILES string of the molecule is O=C(CCc1ccccn1)N1CCSC1=S. The number of rotatable bonds is 3. The highest BCUT2D eigenvalue weighted by Gasteiger charge is 2.23. The van der Waals surface area contributed by atoms with E-state index in [-0.39, 0.29) is 5.91 Å². The Kier molecular flexibility index (Phi) is 3.90. The number of carbonyl (C=O) groups excluding carboxylic acids is 1. The Morgan fingerprint density at radius 2 is 2.44 bits per heavy atom. The van der Waals surface area contributed by atoms with E-state index in [4.69, 9.17) is 12.2 Å². The van der Waals surface area contributed by atoms with Crippen molar-refractivity contribution in [2.24, 2.45) is 0 Å². The second kappa shape index (κ2) is 5.41. The van der Waals surface area contributed by atoms with E-state index < -0.39 is 0 Å². The zero-order valence-electron chi connectivity index (χ0n) is 8.76. The molecule has 1 aromatic rings. The number of amides is 1. The molecule has 1 fully saturated rings. The molecule has 84 valence electrons. The van der Waals surface area contributed by atoms with Crippen LogP contribution in [-0.4, -0.2) is 32.4 Å². The van der Waals surface area contributed by atoms with Gasteiger partial charge in [0.05, 0.1) is 0 Å². The summed E-state index contributed by atoms with van der Waals surface area (Å²) in [7, 11) is 0. The summed E-state index contributed by atoms with van der Waals surface area (Å²) in [6.45, 7) is 0.755. The Hall–Kier alpha value is -0.940. The van der Waals surface area contributed by atoms with Gasteiger partial charge < -0.3 is 0 Å². The Morgan fingerprint density at radius 3 is 3.06 bits per heavy atom. The van der Waals surface area contributed by atoms with Crippen LogP contribution in [-0.2, 0) is 11.2 Å². The number of thioether (sulfide) groups is 1. The van der Waals surface area contributed by atoms with Gasteiger partial charge in [-0.2, -0.15) is 0 Å². The van der Waals surface area contributed by atoms with Gasteiger partial charge in [0.15, 0.2) is 0 Å². The fraction of sp³-hybridized carbons (Fsp3) is 0.364. The molecular formula is C11H12N2OS2. The smallest absolute Gasteiger partial charge is 0.228 e. The molecule has 0 spiro atoms. The molecule has 1 aromatic heterocycles. The maximum atomic E-state index is 11.8. The van der Waals surface area contributed by atoms with Crippen LogP contribution in [0, 0.1) is 0 Å². The molecule has 0 bridgehead atoms. The van der Waals surface area contributed by atoms with E-state index in [0.29, 0.717) is 17.2 Å². The highest BCUT2D eigenvalue weighted by atomic mass is 32.2. The first-order valence-electron chi connectivity index (χ1n) is 5.14. The molecule has 0 aliphatic carbocycles. The van der Waals surface area contributed by atoms with Crippen molar-refractivity contribution >= 4 is 34.2 Å². The van der Waals surface area contributed by atoms with Crippen molar-refractivity contribution in [2.45, 2.75) is 12.8 Å². The van der Waals surface area contributed by atoms with Gasteiger partial charge in [-0.1, -0.05) is 30.0 Å². The largest absolute Gasteiger partial charge is 0.297 e. The van der Waals surface area contributed by atoms with Gasteiger partial charge in [-0.05, 0) is 18.6 Å². The van der Waals surface area contributed by atoms with Gasteiger partial charge in [-0.25, -0.2) is 0 Å². The summed E-state index contributed by atoms with van der Waals surface area (Å²) in [5, 5.41) is 0. The maximum absolute atomic E-state index is 11.8. The molecule has 0 saturated carbocycles. The molecular weight excluding hydrogens is 240 g/mol. The molecule has 1 aliphatic heterocycles. The zero-order valence-corrected chi connectivity index (χ0v) is 10.4. The number of nitrogens with zero attached hydrogens (tertiary/aromatic N) is 2. The fourth-order valence-corrected chi connectivity index (χ4v) is 2.78. The van der Waals surface area contributed by atoms with Crippen molar-refractivity contribution in [2.75, 3.05) is 12.3 Å². The lowest BCUT2D eigenvalue weighted by Gasteiger charge is -2.14. The van der Waals surface area contributed by atoms with Crippen molar-refractivity contribution in [1.82, 2.24) is 9.88 Å². The van der Waals surface area contributed by atoms with Crippen LogP contribution in [0.3, 0.4) is 0 Å². The Morgan fingerprint density at radius 1 is 1.56 bits per heavy atom. The van der Waals surface area contributed by atoms with E-state index in [0.717, 1.165) is 18.0 Å². The molecule has 5 heteroatoms. The third-order valence-electron chi connectivity index (χ3n) is 2.38. The summed E-state index contributed by atoms with van der Waals surface area (Å²) in [5.41, 5.74) is 0.952. The Labute approximate surface area is 104 Å². The van der Waals surface area contributed by atoms with Gasteiger partial charge in [-0.15, -0.1) is 0 Å². The quantitative estimate of drug-likeness (QED) is 0.769. The highest BCUT2D eigenvalue weighted by molar-refractivity contribution is 8.23. The molecule has 16 heavy (non-hydrogen) atoms. The molecule has 3 nitrogen and oxygen atoms in total. The van der Waals surface area contributed by atoms with Gasteiger partial charge >= 0.3 is 0 Å². The minimum atomic E-state index is 0.112. The number of aryl methyl sites for hydroxylation is 1. The molecule has 0 N–H and O–H groups in total. The average Bonchev–Trinajstić information content (AvgIpc) is 2.74. The van der Waals surface area contributed by atoms with Crippen LogP contribution >= 0.6 is 24.0 Å². The average molecular weight is 252 g/mol. The van der Waals surface area contributed by atoms with E-state index in [9.17, 15) is 4.79 Å². The standard InChI is InChI=1S/C11H12N2OS2/c14-10(13-7-8-16-11(13)15)5-4-9-3-1-2-6-12-9/h1-3,6H,4-5,7-8H2. The summed E-state index contributed by atoms with van der Waals surface area (Å²) in [5.74, 6) is 1.04. The summed E-state index contributed by atoms with van der Waals surface area (Å²) >= 11 is 6.68. The van der Waals surface area contributed by atoms with Crippen LogP contribution in [0.1, 0.15) is 12.1 Å². The minimum Gasteiger partial charge on any atom is -0.297 e. The summed E-state index contributed by atoms with van der Waals surface area (Å²) < 4.78 is 0.714. The summed E-state index contributed by atoms with van der Waals surface area (Å²) in [6, 6.07) is 5.74. The number of aromatic nitrogens is 1. The van der Waals surface area contributed by atoms with Crippen molar-refractivity contribution in [3.63, 3.8) is 0 Å². The molecule has 1 saturated heterocycles. The molecule has 1 amide bonds. The molecule has 0 atom stereocenters. The number of thiocarbonyl (C=S) groups is 1. The van der Waals surface area contributed by atoms with Gasteiger partial charge in [0.25, 0.3) is 0 Å². The lowest BCUT2D eigenvalue weighted by Crippen LogP contribution is -2.30. The molecule has 0 aromatic carbocycles. The molecule has 0 radical (unpaired) electrons. The van der Waals surface area contributed by atoms with Gasteiger partial charge in [0, 0.05) is 30.6 Å². The number of hydrogen-bond acceptors (Lipinski definition) is 4. The van der Waals surface area contributed by atoms with Crippen LogP contribution in [0.2, 0.25) is 0 Å². The molecule has 2 rings (SSSR count). The van der Waals surface area contributed by atoms with E-state index in [1.165, 1.54) is 0 Å². The predicted octanol–water partition coefficient (Wildman–Crippen LogP) is 1.87. The van der Waals surface area contributed by atoms with Crippen LogP contribution in [0.5, 0.6) is 0 Å². The van der Waals surface area contributed by atoms with Crippen LogP contribution < -0.4 is 0 Å². The fourth-order valence-electron chi connectivity index (χ4n) is 1.54. The minimum absolute atomic E-state index is 0.112. The third kappa shape index (κ3) is 2.80. The van der Waals surface area contributed by atoms with Crippen LogP contribution in [0.15, 0.2) is 24.4 Å². The molecule has 0 unspecified atom stereocenters. The topological polar surface area (TPSA) is 33.2 Å². The normalized spacial score (nSPS) is 15.5. The number of carbonyl (C=O) groups is 1. The van der Waals surface area contributed by atoms with Gasteiger partial charge in [0.1, 0.15) is 4.32 Å². The van der Waals surface area contributed by atoms with Crippen molar-refractivity contribution in [3.8, 4) is 0 Å². The maximum Gasteiger partial charge on any atom is 0.228 e. The van der Waals surface area contributed by atoms with Crippen LogP contribution in [0.25, 0.3) is 0 Å². The van der Waals surface area contributed by atoms with Crippen LogP contribution in [0.4, 0.5) is 0 Å². The Balaban J connectivity index is 1.86. The lowest BCUT2D eigenvalue weighted by molar-refractivity contribution is -0.126. The number of pyridine rings is 1. The van der Waals surface area contributed by atoms with E-state index >= 15 is 0 Å². The molecule has 1 aliphatic rings. The Bertz CT molecular complexity index is 394. The first-order chi connectivity index (χ1) is 7.77. The van der Waals surface area contributed by atoms with Crippen molar-refractivity contribution < 1.29 is 4.79 Å². The summed E-state index contributed by atoms with van der Waals surface area (Å²) in [4.78, 5) is 17.7. The van der Waals surface area contributed by atoms with E-state index in [2.05, 4.69) is 4.98 Å². The predicted molar refractivity (Wildman–Crippen MR) is 69.3 cm³/mol. The van der Waals surface area contributed by atoms with Crippen molar-refractivity contribution in [3.05, 3.63) is 30.1 Å². The van der Waals surface area contributed by atoms with E-state index in [1.807, 2.05) is 18.2 Å². The lowest BCUT2D eigenvalue weighted by atomic mass is 10.2. The highest BCUT2D eigenvalue weighted by Crippen LogP contribution is 2.18. The van der Waals surface area contributed by atoms with E-state index in [1.54, 1.807) is 22.9 Å². The third-order valence-corrected chi connectivity index (χ3v) is 3.81.